The average molecular weight is 431 g/mol. The lowest BCUT2D eigenvalue weighted by Crippen LogP contribution is -2.48. The molecule has 1 N–H and O–H groups in total. The highest BCUT2D eigenvalue weighted by atomic mass is 32.2. The van der Waals surface area contributed by atoms with Gasteiger partial charge in [0.25, 0.3) is 0 Å². The molecule has 0 aliphatic carbocycles. The Morgan fingerprint density at radius 1 is 1.00 bits per heavy atom. The van der Waals surface area contributed by atoms with E-state index in [0.29, 0.717) is 37.3 Å². The van der Waals surface area contributed by atoms with Crippen LogP contribution in [-0.4, -0.2) is 50.0 Å². The first-order valence-corrected chi connectivity index (χ1v) is 11.6. The summed E-state index contributed by atoms with van der Waals surface area (Å²) in [6, 6.07) is 13.3. The van der Waals surface area contributed by atoms with Crippen molar-refractivity contribution in [2.75, 3.05) is 31.1 Å². The molecule has 162 valence electrons. The van der Waals surface area contributed by atoms with E-state index < -0.39 is 16.0 Å². The zero-order chi connectivity index (χ0) is 22.1. The third-order valence-electron chi connectivity index (χ3n) is 5.56. The van der Waals surface area contributed by atoms with Gasteiger partial charge in [0, 0.05) is 31.9 Å². The fourth-order valence-electron chi connectivity index (χ4n) is 3.70. The standard InChI is InChI=1S/C23H30N2O4S/c1-17-5-6-18(16-22(26)27)15-21(17)30(28,29)25-13-11-24(12-14-25)20-9-7-19(8-10-20)23(2,3)4/h5-10,15H,11-14,16H2,1-4H3,(H,26,27). The van der Waals surface area contributed by atoms with Crippen LogP contribution < -0.4 is 4.90 Å². The Morgan fingerprint density at radius 2 is 1.60 bits per heavy atom. The number of aliphatic carboxylic acids is 1. The molecule has 1 fully saturated rings. The van der Waals surface area contributed by atoms with Gasteiger partial charge in [-0.2, -0.15) is 4.31 Å². The SMILES string of the molecule is Cc1ccc(CC(=O)O)cc1S(=O)(=O)N1CCN(c2ccc(C(C)(C)C)cc2)CC1. The topological polar surface area (TPSA) is 77.9 Å². The van der Waals surface area contributed by atoms with Crippen molar-refractivity contribution in [3.63, 3.8) is 0 Å². The molecule has 0 aromatic heterocycles. The molecule has 0 unspecified atom stereocenters. The van der Waals surface area contributed by atoms with Crippen LogP contribution in [0.4, 0.5) is 5.69 Å². The van der Waals surface area contributed by atoms with Crippen LogP contribution in [0.3, 0.4) is 0 Å². The van der Waals surface area contributed by atoms with Gasteiger partial charge in [0.15, 0.2) is 0 Å². The molecule has 3 rings (SSSR count). The molecular formula is C23H30N2O4S. The maximum absolute atomic E-state index is 13.2. The molecule has 7 heteroatoms. The Bertz CT molecular complexity index is 1020. The third-order valence-corrected chi connectivity index (χ3v) is 7.60. The van der Waals surface area contributed by atoms with Crippen LogP contribution in [0.15, 0.2) is 47.4 Å². The van der Waals surface area contributed by atoms with Gasteiger partial charge >= 0.3 is 5.97 Å². The van der Waals surface area contributed by atoms with Crippen molar-refractivity contribution in [3.8, 4) is 0 Å². The summed E-state index contributed by atoms with van der Waals surface area (Å²) in [4.78, 5) is 13.4. The molecule has 2 aromatic carbocycles. The molecule has 6 nitrogen and oxygen atoms in total. The summed E-state index contributed by atoms with van der Waals surface area (Å²) in [7, 11) is -3.67. The summed E-state index contributed by atoms with van der Waals surface area (Å²) < 4.78 is 27.9. The molecule has 0 bridgehead atoms. The number of carboxylic acids is 1. The molecule has 0 spiro atoms. The Hall–Kier alpha value is -2.38. The Kier molecular flexibility index (Phi) is 6.24. The number of rotatable bonds is 5. The fourth-order valence-corrected chi connectivity index (χ4v) is 5.40. The highest BCUT2D eigenvalue weighted by Crippen LogP contribution is 2.27. The van der Waals surface area contributed by atoms with Gasteiger partial charge in [-0.15, -0.1) is 0 Å². The van der Waals surface area contributed by atoms with Crippen molar-refractivity contribution < 1.29 is 18.3 Å². The second-order valence-corrected chi connectivity index (χ2v) is 10.8. The lowest BCUT2D eigenvalue weighted by Gasteiger charge is -2.36. The first-order chi connectivity index (χ1) is 14.0. The molecule has 0 saturated carbocycles. The summed E-state index contributed by atoms with van der Waals surface area (Å²) in [5.74, 6) is -0.978. The van der Waals surface area contributed by atoms with Crippen LogP contribution in [-0.2, 0) is 26.7 Å². The molecule has 1 aliphatic rings. The van der Waals surface area contributed by atoms with Gasteiger partial charge in [-0.1, -0.05) is 45.0 Å². The number of hydrogen-bond donors (Lipinski definition) is 1. The summed E-state index contributed by atoms with van der Waals surface area (Å²) in [5.41, 5.74) is 3.58. The van der Waals surface area contributed by atoms with Gasteiger partial charge in [0.2, 0.25) is 10.0 Å². The third kappa shape index (κ3) is 4.84. The summed E-state index contributed by atoms with van der Waals surface area (Å²) in [5, 5.41) is 9.01. The summed E-state index contributed by atoms with van der Waals surface area (Å²) in [6.45, 7) is 10.3. The second kappa shape index (κ2) is 8.40. The maximum atomic E-state index is 13.2. The molecule has 0 radical (unpaired) electrons. The number of nitrogens with zero attached hydrogens (tertiary/aromatic N) is 2. The van der Waals surface area contributed by atoms with Crippen LogP contribution >= 0.6 is 0 Å². The van der Waals surface area contributed by atoms with Gasteiger partial charge < -0.3 is 10.0 Å². The van der Waals surface area contributed by atoms with E-state index in [2.05, 4.69) is 49.9 Å². The van der Waals surface area contributed by atoms with Crippen molar-refractivity contribution in [2.24, 2.45) is 0 Å². The fraction of sp³-hybridized carbons (Fsp3) is 0.435. The lowest BCUT2D eigenvalue weighted by molar-refractivity contribution is -0.136. The average Bonchev–Trinajstić information content (AvgIpc) is 2.68. The van der Waals surface area contributed by atoms with E-state index in [0.717, 1.165) is 5.69 Å². The van der Waals surface area contributed by atoms with Crippen molar-refractivity contribution in [1.82, 2.24) is 4.31 Å². The van der Waals surface area contributed by atoms with Crippen molar-refractivity contribution in [2.45, 2.75) is 44.4 Å². The molecule has 1 saturated heterocycles. The highest BCUT2D eigenvalue weighted by Gasteiger charge is 2.30. The number of carbonyl (C=O) groups is 1. The maximum Gasteiger partial charge on any atom is 0.307 e. The number of aryl methyl sites for hydroxylation is 1. The number of benzene rings is 2. The van der Waals surface area contributed by atoms with E-state index >= 15 is 0 Å². The van der Waals surface area contributed by atoms with Crippen molar-refractivity contribution >= 4 is 21.7 Å². The minimum atomic E-state index is -3.67. The quantitative estimate of drug-likeness (QED) is 0.786. The second-order valence-electron chi connectivity index (χ2n) is 8.86. The van der Waals surface area contributed by atoms with E-state index in [1.807, 2.05) is 0 Å². The number of anilines is 1. The predicted octanol–water partition coefficient (Wildman–Crippen LogP) is 3.43. The predicted molar refractivity (Wildman–Crippen MR) is 119 cm³/mol. The van der Waals surface area contributed by atoms with Crippen LogP contribution in [0.25, 0.3) is 0 Å². The molecule has 2 aromatic rings. The van der Waals surface area contributed by atoms with Gasteiger partial charge in [-0.05, 0) is 47.2 Å². The molecule has 0 atom stereocenters. The first-order valence-electron chi connectivity index (χ1n) is 10.2. The van der Waals surface area contributed by atoms with E-state index in [1.54, 1.807) is 19.1 Å². The molecule has 1 aliphatic heterocycles. The molecule has 1 heterocycles. The summed E-state index contributed by atoms with van der Waals surface area (Å²) in [6.07, 6.45) is -0.193. The van der Waals surface area contributed by atoms with Crippen LogP contribution in [0.1, 0.15) is 37.5 Å². The van der Waals surface area contributed by atoms with Gasteiger partial charge in [0.1, 0.15) is 0 Å². The Morgan fingerprint density at radius 3 is 2.13 bits per heavy atom. The minimum Gasteiger partial charge on any atom is -0.481 e. The monoisotopic (exact) mass is 430 g/mol. The lowest BCUT2D eigenvalue weighted by atomic mass is 9.87. The van der Waals surface area contributed by atoms with Crippen LogP contribution in [0.2, 0.25) is 0 Å². The number of sulfonamides is 1. The largest absolute Gasteiger partial charge is 0.481 e. The number of carboxylic acid groups (broad SMARTS) is 1. The molecule has 30 heavy (non-hydrogen) atoms. The van der Waals surface area contributed by atoms with Gasteiger partial charge in [-0.25, -0.2) is 8.42 Å². The zero-order valence-electron chi connectivity index (χ0n) is 18.1. The van der Waals surface area contributed by atoms with Gasteiger partial charge in [0.05, 0.1) is 11.3 Å². The highest BCUT2D eigenvalue weighted by molar-refractivity contribution is 7.89. The van der Waals surface area contributed by atoms with E-state index in [-0.39, 0.29) is 16.7 Å². The van der Waals surface area contributed by atoms with E-state index in [4.69, 9.17) is 5.11 Å². The van der Waals surface area contributed by atoms with Crippen LogP contribution in [0.5, 0.6) is 0 Å². The van der Waals surface area contributed by atoms with E-state index in [9.17, 15) is 13.2 Å². The van der Waals surface area contributed by atoms with Crippen LogP contribution in [0, 0.1) is 6.92 Å². The Balaban J connectivity index is 1.73. The minimum absolute atomic E-state index is 0.0956. The normalized spacial score (nSPS) is 15.9. The van der Waals surface area contributed by atoms with Gasteiger partial charge in [-0.3, -0.25) is 4.79 Å². The first kappa shape index (κ1) is 22.3. The smallest absolute Gasteiger partial charge is 0.307 e. The Labute approximate surface area is 179 Å². The zero-order valence-corrected chi connectivity index (χ0v) is 18.9. The summed E-state index contributed by atoms with van der Waals surface area (Å²) >= 11 is 0. The van der Waals surface area contributed by atoms with E-state index in [1.165, 1.54) is 15.9 Å². The number of hydrogen-bond acceptors (Lipinski definition) is 4. The van der Waals surface area contributed by atoms with Crippen molar-refractivity contribution in [3.05, 3.63) is 59.2 Å². The number of piperazine rings is 1. The van der Waals surface area contributed by atoms with Crippen molar-refractivity contribution in [1.29, 1.82) is 0 Å². The molecular weight excluding hydrogens is 400 g/mol. The molecule has 0 amide bonds.